The van der Waals surface area contributed by atoms with Crippen molar-refractivity contribution in [1.82, 2.24) is 8.75 Å². The Morgan fingerprint density at radius 2 is 2.17 bits per heavy atom. The van der Waals surface area contributed by atoms with Crippen LogP contribution in [-0.2, 0) is 4.79 Å². The van der Waals surface area contributed by atoms with E-state index in [2.05, 4.69) is 30.0 Å². The predicted molar refractivity (Wildman–Crippen MR) is 101 cm³/mol. The molecular weight excluding hydrogens is 414 g/mol. The second kappa shape index (κ2) is 7.29. The second-order valence-electron chi connectivity index (χ2n) is 4.76. The van der Waals surface area contributed by atoms with Gasteiger partial charge in [-0.25, -0.2) is 0 Å². The summed E-state index contributed by atoms with van der Waals surface area (Å²) in [5.41, 5.74) is 2.51. The van der Waals surface area contributed by atoms with Crippen molar-refractivity contribution >= 4 is 68.0 Å². The smallest absolute Gasteiger partial charge is 0.248 e. The molecule has 3 aromatic rings. The topological polar surface area (TPSA) is 64.1 Å². The van der Waals surface area contributed by atoms with E-state index in [9.17, 15) is 4.79 Å². The number of carbonyl (C=O) groups is 1. The van der Waals surface area contributed by atoms with Gasteiger partial charge in [0, 0.05) is 16.1 Å². The molecule has 0 aliphatic rings. The van der Waals surface area contributed by atoms with Gasteiger partial charge in [0.1, 0.15) is 16.8 Å². The molecule has 5 nitrogen and oxygen atoms in total. The summed E-state index contributed by atoms with van der Waals surface area (Å²) < 4.78 is 14.5. The zero-order valence-electron chi connectivity index (χ0n) is 12.4. The number of nitrogens with zero attached hydrogens (tertiary/aromatic N) is 2. The Morgan fingerprint density at radius 1 is 1.33 bits per heavy atom. The van der Waals surface area contributed by atoms with E-state index >= 15 is 0 Å². The average molecular weight is 425 g/mol. The lowest BCUT2D eigenvalue weighted by atomic mass is 10.2. The van der Waals surface area contributed by atoms with Crippen molar-refractivity contribution in [2.75, 3.05) is 12.4 Å². The van der Waals surface area contributed by atoms with Gasteiger partial charge in [0.25, 0.3) is 0 Å². The highest BCUT2D eigenvalue weighted by Gasteiger charge is 2.11. The second-order valence-corrected chi connectivity index (χ2v) is 6.61. The third kappa shape index (κ3) is 3.58. The number of ether oxygens (including phenoxy) is 1. The summed E-state index contributed by atoms with van der Waals surface area (Å²) in [7, 11) is 1.58. The van der Waals surface area contributed by atoms with E-state index in [-0.39, 0.29) is 5.91 Å². The molecule has 122 valence electrons. The molecule has 1 N–H and O–H groups in total. The molecule has 0 aliphatic heterocycles. The molecule has 0 saturated heterocycles. The van der Waals surface area contributed by atoms with Crippen LogP contribution in [-0.4, -0.2) is 21.8 Å². The van der Waals surface area contributed by atoms with Crippen LogP contribution in [0.5, 0.6) is 5.75 Å². The molecule has 0 atom stereocenters. The standard InChI is InChI=1S/C16H11BrClN3O2S/c1-23-13-6-3-10(17)8-9(13)2-7-14(22)19-15-11(18)4-5-12-16(15)21-24-20-12/h2-8H,1H3,(H,19,22)/b7-2+. The number of rotatable bonds is 4. The molecule has 0 radical (unpaired) electrons. The van der Waals surface area contributed by atoms with Gasteiger partial charge in [-0.2, -0.15) is 8.75 Å². The monoisotopic (exact) mass is 423 g/mol. The summed E-state index contributed by atoms with van der Waals surface area (Å²) in [6, 6.07) is 8.99. The maximum atomic E-state index is 12.2. The number of nitrogens with one attached hydrogen (secondary N) is 1. The lowest BCUT2D eigenvalue weighted by Crippen LogP contribution is -2.08. The number of benzene rings is 2. The number of hydrogen-bond donors (Lipinski definition) is 1. The van der Waals surface area contributed by atoms with Crippen molar-refractivity contribution in [3.63, 3.8) is 0 Å². The van der Waals surface area contributed by atoms with E-state index in [4.69, 9.17) is 16.3 Å². The first kappa shape index (κ1) is 16.9. The van der Waals surface area contributed by atoms with Crippen molar-refractivity contribution in [1.29, 1.82) is 0 Å². The molecule has 2 aromatic carbocycles. The molecule has 24 heavy (non-hydrogen) atoms. The van der Waals surface area contributed by atoms with Gasteiger partial charge in [0.2, 0.25) is 5.91 Å². The van der Waals surface area contributed by atoms with Crippen molar-refractivity contribution < 1.29 is 9.53 Å². The fourth-order valence-corrected chi connectivity index (χ4v) is 3.23. The molecule has 0 unspecified atom stereocenters. The number of amides is 1. The summed E-state index contributed by atoms with van der Waals surface area (Å²) in [6.45, 7) is 0. The number of anilines is 1. The van der Waals surface area contributed by atoms with Gasteiger partial charge < -0.3 is 10.1 Å². The van der Waals surface area contributed by atoms with E-state index in [0.29, 0.717) is 27.5 Å². The highest BCUT2D eigenvalue weighted by Crippen LogP contribution is 2.30. The molecule has 1 aromatic heterocycles. The van der Waals surface area contributed by atoms with E-state index in [1.165, 1.54) is 6.08 Å². The maximum absolute atomic E-state index is 12.2. The van der Waals surface area contributed by atoms with Gasteiger partial charge in [-0.15, -0.1) is 0 Å². The van der Waals surface area contributed by atoms with Crippen LogP contribution < -0.4 is 10.1 Å². The third-order valence-electron chi connectivity index (χ3n) is 3.23. The Bertz CT molecular complexity index is 942. The molecule has 0 spiro atoms. The van der Waals surface area contributed by atoms with Crippen molar-refractivity contribution in [3.8, 4) is 5.75 Å². The van der Waals surface area contributed by atoms with Crippen molar-refractivity contribution in [3.05, 3.63) is 51.5 Å². The number of aromatic nitrogens is 2. The fourth-order valence-electron chi connectivity index (χ4n) is 2.11. The summed E-state index contributed by atoms with van der Waals surface area (Å²) in [5, 5.41) is 3.17. The van der Waals surface area contributed by atoms with E-state index in [1.807, 2.05) is 18.2 Å². The minimum atomic E-state index is -0.320. The number of methoxy groups -OCH3 is 1. The number of halogens is 2. The predicted octanol–water partition coefficient (Wildman–Crippen LogP) is 4.77. The number of hydrogen-bond acceptors (Lipinski definition) is 5. The lowest BCUT2D eigenvalue weighted by molar-refractivity contribution is -0.111. The van der Waals surface area contributed by atoms with Crippen molar-refractivity contribution in [2.24, 2.45) is 0 Å². The fraction of sp³-hybridized carbons (Fsp3) is 0.0625. The Morgan fingerprint density at radius 3 is 2.96 bits per heavy atom. The van der Waals surface area contributed by atoms with Crippen LogP contribution in [0.2, 0.25) is 5.02 Å². The molecule has 0 saturated carbocycles. The first-order chi connectivity index (χ1) is 11.6. The quantitative estimate of drug-likeness (QED) is 0.613. The minimum Gasteiger partial charge on any atom is -0.496 e. The summed E-state index contributed by atoms with van der Waals surface area (Å²) in [4.78, 5) is 12.2. The van der Waals surface area contributed by atoms with Gasteiger partial charge in [0.05, 0.1) is 29.5 Å². The lowest BCUT2D eigenvalue weighted by Gasteiger charge is -2.06. The van der Waals surface area contributed by atoms with Gasteiger partial charge in [-0.3, -0.25) is 4.79 Å². The highest BCUT2D eigenvalue weighted by molar-refractivity contribution is 9.10. The molecular formula is C16H11BrClN3O2S. The largest absolute Gasteiger partial charge is 0.496 e. The van der Waals surface area contributed by atoms with Crippen LogP contribution in [0.1, 0.15) is 5.56 Å². The van der Waals surface area contributed by atoms with E-state index < -0.39 is 0 Å². The van der Waals surface area contributed by atoms with Gasteiger partial charge in [-0.05, 0) is 36.4 Å². The van der Waals surface area contributed by atoms with Crippen molar-refractivity contribution in [2.45, 2.75) is 0 Å². The molecule has 0 aliphatic carbocycles. The van der Waals surface area contributed by atoms with Crippen LogP contribution in [0, 0.1) is 0 Å². The zero-order chi connectivity index (χ0) is 17.1. The Hall–Kier alpha value is -1.96. The summed E-state index contributed by atoms with van der Waals surface area (Å²) in [6.07, 6.45) is 3.09. The summed E-state index contributed by atoms with van der Waals surface area (Å²) >= 11 is 10.6. The molecule has 0 bridgehead atoms. The minimum absolute atomic E-state index is 0.320. The Labute approximate surface area is 155 Å². The van der Waals surface area contributed by atoms with E-state index in [0.717, 1.165) is 21.8 Å². The average Bonchev–Trinajstić information content (AvgIpc) is 3.04. The molecule has 1 heterocycles. The van der Waals surface area contributed by atoms with Crippen LogP contribution >= 0.6 is 39.3 Å². The maximum Gasteiger partial charge on any atom is 0.248 e. The molecule has 3 rings (SSSR count). The Balaban J connectivity index is 1.84. The molecule has 0 fully saturated rings. The van der Waals surface area contributed by atoms with Crippen LogP contribution in [0.4, 0.5) is 5.69 Å². The SMILES string of the molecule is COc1ccc(Br)cc1/C=C/C(=O)Nc1c(Cl)ccc2nsnc12. The first-order valence-corrected chi connectivity index (χ1v) is 8.72. The number of carbonyl (C=O) groups excluding carboxylic acids is 1. The van der Waals surface area contributed by atoms with Gasteiger partial charge in [-0.1, -0.05) is 27.5 Å². The van der Waals surface area contributed by atoms with Gasteiger partial charge in [0.15, 0.2) is 0 Å². The highest BCUT2D eigenvalue weighted by atomic mass is 79.9. The molecule has 1 amide bonds. The first-order valence-electron chi connectivity index (χ1n) is 6.82. The molecule has 8 heteroatoms. The van der Waals surface area contributed by atoms with Crippen LogP contribution in [0.15, 0.2) is 40.9 Å². The summed E-state index contributed by atoms with van der Waals surface area (Å²) in [5.74, 6) is 0.352. The van der Waals surface area contributed by atoms with Gasteiger partial charge >= 0.3 is 0 Å². The Kier molecular flexibility index (Phi) is 5.13. The number of fused-ring (bicyclic) bond motifs is 1. The van der Waals surface area contributed by atoms with E-state index in [1.54, 1.807) is 25.3 Å². The zero-order valence-corrected chi connectivity index (χ0v) is 15.6. The third-order valence-corrected chi connectivity index (χ3v) is 4.58. The van der Waals surface area contributed by atoms with Crippen LogP contribution in [0.3, 0.4) is 0 Å². The normalized spacial score (nSPS) is 11.1. The van der Waals surface area contributed by atoms with Crippen LogP contribution in [0.25, 0.3) is 17.1 Å².